The van der Waals surface area contributed by atoms with E-state index in [1.54, 1.807) is 65.3 Å². The van der Waals surface area contributed by atoms with Gasteiger partial charge < -0.3 is 5.32 Å². The highest BCUT2D eigenvalue weighted by atomic mass is 35.5. The first-order valence-corrected chi connectivity index (χ1v) is 12.9. The van der Waals surface area contributed by atoms with E-state index in [1.165, 1.54) is 0 Å². The number of nitrogens with zero attached hydrogens (tertiary/aromatic N) is 4. The van der Waals surface area contributed by atoms with Gasteiger partial charge in [-0.3, -0.25) is 14.5 Å². The monoisotopic (exact) mass is 549 g/mol. The molecule has 1 unspecified atom stereocenters. The van der Waals surface area contributed by atoms with E-state index in [9.17, 15) is 9.59 Å². The highest BCUT2D eigenvalue weighted by Gasteiger charge is 2.27. The summed E-state index contributed by atoms with van der Waals surface area (Å²) in [5.41, 5.74) is 2.58. The van der Waals surface area contributed by atoms with E-state index in [0.29, 0.717) is 27.2 Å². The lowest BCUT2D eigenvalue weighted by atomic mass is 9.92. The van der Waals surface area contributed by atoms with E-state index < -0.39 is 5.92 Å². The number of benzene rings is 2. The van der Waals surface area contributed by atoms with Crippen molar-refractivity contribution >= 4 is 46.7 Å². The molecule has 2 heterocycles. The van der Waals surface area contributed by atoms with E-state index in [-0.39, 0.29) is 17.2 Å². The van der Waals surface area contributed by atoms with E-state index in [1.807, 2.05) is 31.2 Å². The fourth-order valence-electron chi connectivity index (χ4n) is 3.85. The minimum atomic E-state index is -0.491. The molecule has 0 aliphatic carbocycles. The van der Waals surface area contributed by atoms with Crippen LogP contribution in [0, 0.1) is 0 Å². The molecular formula is C29H29Cl2N5O2. The third-order valence-corrected chi connectivity index (χ3v) is 6.68. The molecule has 2 amide bonds. The lowest BCUT2D eigenvalue weighted by Crippen LogP contribution is -2.32. The predicted molar refractivity (Wildman–Crippen MR) is 153 cm³/mol. The van der Waals surface area contributed by atoms with Crippen LogP contribution in [0.4, 0.5) is 11.6 Å². The van der Waals surface area contributed by atoms with Crippen LogP contribution in [0.2, 0.25) is 10.0 Å². The molecule has 0 saturated carbocycles. The molecule has 4 aromatic rings. The minimum Gasteiger partial charge on any atom is -0.307 e. The number of halogens is 2. The van der Waals surface area contributed by atoms with Crippen LogP contribution in [-0.2, 0) is 10.2 Å². The van der Waals surface area contributed by atoms with Crippen LogP contribution in [-0.4, -0.2) is 33.6 Å². The maximum absolute atomic E-state index is 13.6. The highest BCUT2D eigenvalue weighted by Crippen LogP contribution is 2.30. The molecule has 0 fully saturated rings. The van der Waals surface area contributed by atoms with Crippen molar-refractivity contribution in [1.29, 1.82) is 0 Å². The van der Waals surface area contributed by atoms with Gasteiger partial charge in [0.1, 0.15) is 11.6 Å². The number of pyridine rings is 1. The van der Waals surface area contributed by atoms with Crippen molar-refractivity contribution in [1.82, 2.24) is 14.8 Å². The molecule has 2 aromatic heterocycles. The van der Waals surface area contributed by atoms with Crippen molar-refractivity contribution in [3.8, 4) is 5.69 Å². The molecule has 2 aromatic carbocycles. The second-order valence-electron chi connectivity index (χ2n) is 10.1. The number of hydrogen-bond acceptors (Lipinski definition) is 4. The summed E-state index contributed by atoms with van der Waals surface area (Å²) >= 11 is 12.1. The van der Waals surface area contributed by atoms with E-state index in [0.717, 1.165) is 16.9 Å². The summed E-state index contributed by atoms with van der Waals surface area (Å²) in [6, 6.07) is 19.3. The second kappa shape index (κ2) is 11.0. The zero-order valence-corrected chi connectivity index (χ0v) is 23.4. The fourth-order valence-corrected chi connectivity index (χ4v) is 4.16. The van der Waals surface area contributed by atoms with E-state index in [2.05, 4.69) is 31.1 Å². The summed E-state index contributed by atoms with van der Waals surface area (Å²) in [4.78, 5) is 32.0. The number of likely N-dealkylation sites (N-methyl/N-ethyl adjacent to an activating group) is 1. The Balaban J connectivity index is 1.55. The zero-order valence-electron chi connectivity index (χ0n) is 21.9. The van der Waals surface area contributed by atoms with Crippen molar-refractivity contribution in [3.05, 3.63) is 99.8 Å². The SMILES string of the molecule is CC(C(=O)N(C)c1cc(C(C)(C)C)nn1-c1cccc(Cl)c1)c1ccc(NC(=O)c2ccc(Cl)cc2)nc1. The molecule has 1 atom stereocenters. The molecule has 0 aliphatic rings. The van der Waals surface area contributed by atoms with Gasteiger partial charge in [0.15, 0.2) is 0 Å². The molecule has 196 valence electrons. The van der Waals surface area contributed by atoms with Crippen LogP contribution < -0.4 is 10.2 Å². The van der Waals surface area contributed by atoms with Crippen LogP contribution in [0.25, 0.3) is 5.69 Å². The van der Waals surface area contributed by atoms with E-state index >= 15 is 0 Å². The van der Waals surface area contributed by atoms with Gasteiger partial charge in [-0.15, -0.1) is 0 Å². The number of anilines is 2. The molecule has 4 rings (SSSR count). The van der Waals surface area contributed by atoms with Gasteiger partial charge in [-0.05, 0) is 61.0 Å². The average molecular weight is 550 g/mol. The predicted octanol–water partition coefficient (Wildman–Crippen LogP) is 6.89. The third kappa shape index (κ3) is 6.06. The largest absolute Gasteiger partial charge is 0.307 e. The summed E-state index contributed by atoms with van der Waals surface area (Å²) in [6.45, 7) is 8.05. The molecule has 0 aliphatic heterocycles. The number of nitrogens with one attached hydrogen (secondary N) is 1. The van der Waals surface area contributed by atoms with Crippen molar-refractivity contribution in [3.63, 3.8) is 0 Å². The topological polar surface area (TPSA) is 80.1 Å². The first kappa shape index (κ1) is 27.4. The molecule has 0 bridgehead atoms. The summed E-state index contributed by atoms with van der Waals surface area (Å²) < 4.78 is 1.74. The fraction of sp³-hybridized carbons (Fsp3) is 0.241. The molecule has 1 N–H and O–H groups in total. The molecule has 38 heavy (non-hydrogen) atoms. The Bertz CT molecular complexity index is 1460. The van der Waals surface area contributed by atoms with Gasteiger partial charge in [-0.2, -0.15) is 5.10 Å². The number of amides is 2. The molecule has 0 radical (unpaired) electrons. The number of aromatic nitrogens is 3. The Hall–Kier alpha value is -3.68. The summed E-state index contributed by atoms with van der Waals surface area (Å²) in [7, 11) is 1.73. The molecular weight excluding hydrogens is 521 g/mol. The molecule has 7 nitrogen and oxygen atoms in total. The minimum absolute atomic E-state index is 0.131. The maximum atomic E-state index is 13.6. The Morgan fingerprint density at radius 2 is 1.68 bits per heavy atom. The lowest BCUT2D eigenvalue weighted by Gasteiger charge is -2.22. The zero-order chi connectivity index (χ0) is 27.6. The number of carbonyl (C=O) groups is 2. The second-order valence-corrected chi connectivity index (χ2v) is 11.0. The van der Waals surface area contributed by atoms with Crippen molar-refractivity contribution in [2.75, 3.05) is 17.3 Å². The quantitative estimate of drug-likeness (QED) is 0.284. The molecule has 9 heteroatoms. The highest BCUT2D eigenvalue weighted by molar-refractivity contribution is 6.31. The van der Waals surface area contributed by atoms with Gasteiger partial charge in [0.25, 0.3) is 5.91 Å². The standard InChI is InChI=1S/C29H29Cl2N5O2/c1-18(20-11-14-25(32-17-20)33-27(37)19-9-12-21(30)13-10-19)28(38)35(5)26-16-24(29(2,3)4)34-36(26)23-8-6-7-22(31)15-23/h6-18H,1-5H3,(H,32,33,37). The van der Waals surface area contributed by atoms with Crippen molar-refractivity contribution in [2.45, 2.75) is 39.0 Å². The Kier molecular flexibility index (Phi) is 7.90. The summed E-state index contributed by atoms with van der Waals surface area (Å²) in [6.07, 6.45) is 1.60. The molecule has 0 spiro atoms. The van der Waals surface area contributed by atoms with Crippen LogP contribution in [0.3, 0.4) is 0 Å². The lowest BCUT2D eigenvalue weighted by molar-refractivity contribution is -0.119. The first-order valence-electron chi connectivity index (χ1n) is 12.1. The average Bonchev–Trinajstić information content (AvgIpc) is 3.35. The van der Waals surface area contributed by atoms with Gasteiger partial charge >= 0.3 is 0 Å². The number of hydrogen-bond donors (Lipinski definition) is 1. The van der Waals surface area contributed by atoms with Crippen molar-refractivity contribution < 1.29 is 9.59 Å². The van der Waals surface area contributed by atoms with Crippen LogP contribution in [0.5, 0.6) is 0 Å². The normalized spacial score (nSPS) is 12.2. The number of carbonyl (C=O) groups excluding carboxylic acids is 2. The molecule has 0 saturated heterocycles. The maximum Gasteiger partial charge on any atom is 0.256 e. The van der Waals surface area contributed by atoms with Gasteiger partial charge in [-0.25, -0.2) is 9.67 Å². The van der Waals surface area contributed by atoms with Gasteiger partial charge in [0, 0.05) is 40.3 Å². The van der Waals surface area contributed by atoms with Crippen molar-refractivity contribution in [2.24, 2.45) is 0 Å². The third-order valence-electron chi connectivity index (χ3n) is 6.19. The Morgan fingerprint density at radius 3 is 2.29 bits per heavy atom. The smallest absolute Gasteiger partial charge is 0.256 e. The van der Waals surface area contributed by atoms with E-state index in [4.69, 9.17) is 28.3 Å². The van der Waals surface area contributed by atoms with Crippen LogP contribution >= 0.6 is 23.2 Å². The van der Waals surface area contributed by atoms with Gasteiger partial charge in [-0.1, -0.05) is 56.1 Å². The summed E-state index contributed by atoms with van der Waals surface area (Å²) in [5, 5.41) is 8.69. The Labute approximate surface area is 232 Å². The number of rotatable bonds is 6. The van der Waals surface area contributed by atoms with Gasteiger partial charge in [0.2, 0.25) is 5.91 Å². The Morgan fingerprint density at radius 1 is 0.974 bits per heavy atom. The van der Waals surface area contributed by atoms with Crippen LogP contribution in [0.1, 0.15) is 55.2 Å². The first-order chi connectivity index (χ1) is 17.9. The van der Waals surface area contributed by atoms with Gasteiger partial charge in [0.05, 0.1) is 17.3 Å². The van der Waals surface area contributed by atoms with Crippen LogP contribution in [0.15, 0.2) is 72.9 Å². The summed E-state index contributed by atoms with van der Waals surface area (Å²) in [5.74, 6) is 0.0989.